The normalized spacial score (nSPS) is 11.2. The Hall–Kier alpha value is -1.09. The summed E-state index contributed by atoms with van der Waals surface area (Å²) in [6.45, 7) is 5.23. The van der Waals surface area contributed by atoms with Crippen LogP contribution in [0.2, 0.25) is 0 Å². The second kappa shape index (κ2) is 3.75. The molecule has 0 aliphatic carbocycles. The lowest BCUT2D eigenvalue weighted by Gasteiger charge is -2.00. The quantitative estimate of drug-likeness (QED) is 0.742. The summed E-state index contributed by atoms with van der Waals surface area (Å²) in [5, 5.41) is 0. The highest BCUT2D eigenvalue weighted by Gasteiger charge is 2.09. The number of benzene rings is 1. The number of rotatable bonds is 3. The molecule has 0 bridgehead atoms. The summed E-state index contributed by atoms with van der Waals surface area (Å²) in [5.74, 6) is 0.139. The van der Waals surface area contributed by atoms with Crippen molar-refractivity contribution >= 4 is 15.9 Å². The molecule has 3 heteroatoms. The Morgan fingerprint density at radius 1 is 1.31 bits per heavy atom. The van der Waals surface area contributed by atoms with Gasteiger partial charge in [-0.3, -0.25) is 0 Å². The zero-order chi connectivity index (χ0) is 9.90. The summed E-state index contributed by atoms with van der Waals surface area (Å²) >= 11 is 0. The van der Waals surface area contributed by atoms with Crippen LogP contribution in [0.4, 0.5) is 0 Å². The van der Waals surface area contributed by atoms with Gasteiger partial charge in [0.2, 0.25) is 0 Å². The van der Waals surface area contributed by atoms with E-state index in [1.54, 1.807) is 37.3 Å². The average molecular weight is 196 g/mol. The van der Waals surface area contributed by atoms with E-state index in [4.69, 9.17) is 0 Å². The minimum Gasteiger partial charge on any atom is -0.224 e. The summed E-state index contributed by atoms with van der Waals surface area (Å²) in [6, 6.07) is 6.71. The second-order valence-corrected chi connectivity index (χ2v) is 4.95. The monoisotopic (exact) mass is 196 g/mol. The molecule has 0 heterocycles. The van der Waals surface area contributed by atoms with Crippen molar-refractivity contribution in [2.24, 2.45) is 0 Å². The molecule has 0 fully saturated rings. The molecule has 1 aromatic carbocycles. The third kappa shape index (κ3) is 2.18. The van der Waals surface area contributed by atoms with Gasteiger partial charge in [0.05, 0.1) is 10.6 Å². The average Bonchev–Trinajstić information content (AvgIpc) is 2.18. The fraction of sp³-hybridized carbons (Fsp3) is 0.200. The predicted molar refractivity (Wildman–Crippen MR) is 54.3 cm³/mol. The molecule has 0 spiro atoms. The molecule has 0 aliphatic rings. The topological polar surface area (TPSA) is 34.1 Å². The third-order valence-electron chi connectivity index (χ3n) is 1.85. The Bertz CT molecular complexity index is 387. The molecular weight excluding hydrogens is 184 g/mol. The smallest absolute Gasteiger partial charge is 0.178 e. The summed E-state index contributed by atoms with van der Waals surface area (Å²) in [6.07, 6.45) is 1.68. The maximum Gasteiger partial charge on any atom is 0.178 e. The van der Waals surface area contributed by atoms with Gasteiger partial charge in [-0.05, 0) is 17.7 Å². The van der Waals surface area contributed by atoms with E-state index in [1.807, 2.05) is 0 Å². The summed E-state index contributed by atoms with van der Waals surface area (Å²) in [7, 11) is -3.06. The van der Waals surface area contributed by atoms with Crippen molar-refractivity contribution in [3.63, 3.8) is 0 Å². The van der Waals surface area contributed by atoms with E-state index in [2.05, 4.69) is 6.58 Å². The molecule has 1 aromatic rings. The Balaban J connectivity index is 3.13. The zero-order valence-electron chi connectivity index (χ0n) is 7.53. The van der Waals surface area contributed by atoms with Gasteiger partial charge in [0.25, 0.3) is 0 Å². The molecule has 0 aromatic heterocycles. The van der Waals surface area contributed by atoms with Gasteiger partial charge in [-0.15, -0.1) is 0 Å². The first-order valence-electron chi connectivity index (χ1n) is 4.05. The first-order chi connectivity index (χ1) is 6.10. The van der Waals surface area contributed by atoms with E-state index in [-0.39, 0.29) is 5.75 Å². The summed E-state index contributed by atoms with van der Waals surface area (Å²) < 4.78 is 22.7. The molecule has 70 valence electrons. The van der Waals surface area contributed by atoms with Crippen LogP contribution in [0.1, 0.15) is 12.5 Å². The Labute approximate surface area is 78.8 Å². The minimum absolute atomic E-state index is 0.139. The van der Waals surface area contributed by atoms with Gasteiger partial charge < -0.3 is 0 Å². The van der Waals surface area contributed by atoms with Crippen molar-refractivity contribution in [1.29, 1.82) is 0 Å². The molecule has 0 amide bonds. The highest BCUT2D eigenvalue weighted by Crippen LogP contribution is 2.12. The summed E-state index contributed by atoms with van der Waals surface area (Å²) in [5.41, 5.74) is 0.926. The van der Waals surface area contributed by atoms with E-state index >= 15 is 0 Å². The molecule has 0 radical (unpaired) electrons. The van der Waals surface area contributed by atoms with Crippen molar-refractivity contribution in [3.05, 3.63) is 36.4 Å². The van der Waals surface area contributed by atoms with Crippen LogP contribution in [-0.2, 0) is 9.84 Å². The SMILES string of the molecule is C=Cc1ccc(S(=O)(=O)CC)cc1. The lowest BCUT2D eigenvalue weighted by molar-refractivity contribution is 0.597. The van der Waals surface area contributed by atoms with Gasteiger partial charge in [-0.25, -0.2) is 8.42 Å². The molecule has 2 nitrogen and oxygen atoms in total. The molecule has 0 atom stereocenters. The lowest BCUT2D eigenvalue weighted by Crippen LogP contribution is -2.02. The minimum atomic E-state index is -3.06. The fourth-order valence-corrected chi connectivity index (χ4v) is 1.86. The van der Waals surface area contributed by atoms with Crippen molar-refractivity contribution in [3.8, 4) is 0 Å². The number of hydrogen-bond donors (Lipinski definition) is 0. The van der Waals surface area contributed by atoms with E-state index in [0.717, 1.165) is 5.56 Å². The van der Waals surface area contributed by atoms with Crippen molar-refractivity contribution in [2.75, 3.05) is 5.75 Å². The van der Waals surface area contributed by atoms with Gasteiger partial charge in [0.15, 0.2) is 9.84 Å². The molecule has 1 rings (SSSR count). The van der Waals surface area contributed by atoms with Crippen molar-refractivity contribution in [1.82, 2.24) is 0 Å². The molecule has 0 aliphatic heterocycles. The molecule has 0 N–H and O–H groups in total. The van der Waals surface area contributed by atoms with Crippen LogP contribution in [0, 0.1) is 0 Å². The predicted octanol–water partition coefficient (Wildman–Crippen LogP) is 2.12. The van der Waals surface area contributed by atoms with Crippen molar-refractivity contribution in [2.45, 2.75) is 11.8 Å². The van der Waals surface area contributed by atoms with Crippen LogP contribution in [0.15, 0.2) is 35.7 Å². The van der Waals surface area contributed by atoms with Crippen LogP contribution in [0.5, 0.6) is 0 Å². The first kappa shape index (κ1) is 9.99. The van der Waals surface area contributed by atoms with Crippen LogP contribution in [0.25, 0.3) is 6.08 Å². The second-order valence-electron chi connectivity index (χ2n) is 2.68. The Morgan fingerprint density at radius 3 is 2.23 bits per heavy atom. The molecule has 0 unspecified atom stereocenters. The fourth-order valence-electron chi connectivity index (χ4n) is 0.978. The highest BCUT2D eigenvalue weighted by molar-refractivity contribution is 7.91. The zero-order valence-corrected chi connectivity index (χ0v) is 8.34. The largest absolute Gasteiger partial charge is 0.224 e. The maximum absolute atomic E-state index is 11.4. The number of sulfone groups is 1. The van der Waals surface area contributed by atoms with Gasteiger partial charge in [-0.2, -0.15) is 0 Å². The maximum atomic E-state index is 11.4. The standard InChI is InChI=1S/C10H12O2S/c1-3-9-5-7-10(8-6-9)13(11,12)4-2/h3,5-8H,1,4H2,2H3. The van der Waals surface area contributed by atoms with E-state index in [0.29, 0.717) is 4.90 Å². The van der Waals surface area contributed by atoms with Crippen LogP contribution >= 0.6 is 0 Å². The molecule has 0 saturated carbocycles. The van der Waals surface area contributed by atoms with Gasteiger partial charge in [0, 0.05) is 0 Å². The molecule has 13 heavy (non-hydrogen) atoms. The molecule has 0 saturated heterocycles. The Morgan fingerprint density at radius 2 is 1.85 bits per heavy atom. The molecular formula is C10H12O2S. The van der Waals surface area contributed by atoms with Crippen LogP contribution < -0.4 is 0 Å². The summed E-state index contributed by atoms with van der Waals surface area (Å²) in [4.78, 5) is 0.376. The lowest BCUT2D eigenvalue weighted by atomic mass is 10.2. The van der Waals surface area contributed by atoms with Crippen molar-refractivity contribution < 1.29 is 8.42 Å². The van der Waals surface area contributed by atoms with E-state index in [9.17, 15) is 8.42 Å². The van der Waals surface area contributed by atoms with Crippen LogP contribution in [-0.4, -0.2) is 14.2 Å². The van der Waals surface area contributed by atoms with Gasteiger partial charge in [-0.1, -0.05) is 31.7 Å². The van der Waals surface area contributed by atoms with E-state index < -0.39 is 9.84 Å². The van der Waals surface area contributed by atoms with Gasteiger partial charge >= 0.3 is 0 Å². The third-order valence-corrected chi connectivity index (χ3v) is 3.61. The highest BCUT2D eigenvalue weighted by atomic mass is 32.2. The van der Waals surface area contributed by atoms with Gasteiger partial charge in [0.1, 0.15) is 0 Å². The van der Waals surface area contributed by atoms with Crippen LogP contribution in [0.3, 0.4) is 0 Å². The Kier molecular flexibility index (Phi) is 2.88. The number of hydrogen-bond acceptors (Lipinski definition) is 2. The van der Waals surface area contributed by atoms with E-state index in [1.165, 1.54) is 0 Å². The first-order valence-corrected chi connectivity index (χ1v) is 5.70.